The first kappa shape index (κ1) is 15.4. The third-order valence-corrected chi connectivity index (χ3v) is 3.39. The average Bonchev–Trinajstić information content (AvgIpc) is 2.99. The van der Waals surface area contributed by atoms with Gasteiger partial charge in [0.1, 0.15) is 11.5 Å². The van der Waals surface area contributed by atoms with Crippen molar-refractivity contribution >= 4 is 29.3 Å². The lowest BCUT2D eigenvalue weighted by Gasteiger charge is -2.05. The highest BCUT2D eigenvalue weighted by molar-refractivity contribution is 7.99. The highest BCUT2D eigenvalue weighted by Crippen LogP contribution is 2.17. The summed E-state index contributed by atoms with van der Waals surface area (Å²) in [7, 11) is 3.96. The molecule has 2 aromatic rings. The Labute approximate surface area is 126 Å². The van der Waals surface area contributed by atoms with Gasteiger partial charge in [0.15, 0.2) is 0 Å². The maximum absolute atomic E-state index is 11.7. The lowest BCUT2D eigenvalue weighted by molar-refractivity contribution is -0.113. The van der Waals surface area contributed by atoms with Crippen molar-refractivity contribution < 1.29 is 13.8 Å². The molecule has 0 aliphatic rings. The van der Waals surface area contributed by atoms with Crippen LogP contribution in [0.5, 0.6) is 0 Å². The molecule has 0 fully saturated rings. The van der Waals surface area contributed by atoms with Gasteiger partial charge in [0.25, 0.3) is 0 Å². The van der Waals surface area contributed by atoms with Crippen molar-refractivity contribution in [3.63, 3.8) is 0 Å². The Balaban J connectivity index is 1.72. The lowest BCUT2D eigenvalue weighted by atomic mass is 10.4. The second kappa shape index (κ2) is 7.14. The van der Waals surface area contributed by atoms with Gasteiger partial charge in [-0.2, -0.15) is 0 Å². The zero-order valence-corrected chi connectivity index (χ0v) is 12.6. The van der Waals surface area contributed by atoms with Crippen molar-refractivity contribution in [2.45, 2.75) is 12.3 Å². The van der Waals surface area contributed by atoms with E-state index in [0.717, 1.165) is 18.1 Å². The molecule has 0 radical (unpaired) electrons. The predicted molar refractivity (Wildman–Crippen MR) is 79.6 cm³/mol. The maximum Gasteiger partial charge on any atom is 0.235 e. The van der Waals surface area contributed by atoms with E-state index in [1.807, 2.05) is 31.1 Å². The Morgan fingerprint density at radius 1 is 1.38 bits per heavy atom. The zero-order valence-electron chi connectivity index (χ0n) is 11.8. The minimum absolute atomic E-state index is 0.0627. The molecule has 2 heterocycles. The Kier molecular flexibility index (Phi) is 5.23. The summed E-state index contributed by atoms with van der Waals surface area (Å²) in [5, 5.41) is 9.37. The van der Waals surface area contributed by atoms with Crippen molar-refractivity contribution in [2.24, 2.45) is 0 Å². The van der Waals surface area contributed by atoms with Crippen molar-refractivity contribution in [3.05, 3.63) is 23.7 Å². The molecular weight excluding hydrogens is 294 g/mol. The summed E-state index contributed by atoms with van der Waals surface area (Å²) in [5.41, 5.74) is 5.44. The van der Waals surface area contributed by atoms with Gasteiger partial charge < -0.3 is 20.4 Å². The van der Waals surface area contributed by atoms with Crippen LogP contribution in [-0.2, 0) is 17.1 Å². The first-order valence-corrected chi connectivity index (χ1v) is 7.38. The lowest BCUT2D eigenvalue weighted by Crippen LogP contribution is -2.15. The summed E-state index contributed by atoms with van der Waals surface area (Å²) < 4.78 is 10.0. The number of anilines is 2. The molecule has 0 aliphatic heterocycles. The topological polar surface area (TPSA) is 110 Å². The number of furan rings is 1. The quantitative estimate of drug-likeness (QED) is 0.784. The second-order valence-corrected chi connectivity index (χ2v) is 5.63. The van der Waals surface area contributed by atoms with E-state index in [2.05, 4.69) is 20.3 Å². The number of thioether (sulfide) groups is 1. The number of carbonyl (C=O) groups is 1. The molecule has 0 bridgehead atoms. The smallest absolute Gasteiger partial charge is 0.235 e. The van der Waals surface area contributed by atoms with Crippen LogP contribution in [0.25, 0.3) is 0 Å². The Bertz CT molecular complexity index is 595. The number of hydrogen-bond donors (Lipinski definition) is 2. The van der Waals surface area contributed by atoms with E-state index in [1.54, 1.807) is 0 Å². The molecule has 2 rings (SSSR count). The summed E-state index contributed by atoms with van der Waals surface area (Å²) >= 11 is 1.44. The molecule has 0 atom stereocenters. The highest BCUT2D eigenvalue weighted by atomic mass is 32.2. The van der Waals surface area contributed by atoms with E-state index >= 15 is 0 Å². The van der Waals surface area contributed by atoms with Gasteiger partial charge in [0, 0.05) is 0 Å². The molecule has 0 saturated carbocycles. The van der Waals surface area contributed by atoms with Crippen LogP contribution in [0.4, 0.5) is 11.6 Å². The number of nitrogens with two attached hydrogens (primary N) is 1. The molecule has 114 valence electrons. The molecule has 0 spiro atoms. The Morgan fingerprint density at radius 3 is 2.81 bits per heavy atom. The van der Waals surface area contributed by atoms with Crippen molar-refractivity contribution in [1.82, 2.24) is 15.2 Å². The van der Waals surface area contributed by atoms with Crippen LogP contribution < -0.4 is 11.1 Å². The number of rotatable bonds is 7. The van der Waals surface area contributed by atoms with E-state index in [1.165, 1.54) is 11.8 Å². The van der Waals surface area contributed by atoms with Crippen molar-refractivity contribution in [2.75, 3.05) is 30.9 Å². The van der Waals surface area contributed by atoms with Gasteiger partial charge in [0.05, 0.1) is 18.1 Å². The van der Waals surface area contributed by atoms with Crippen LogP contribution in [0.15, 0.2) is 21.2 Å². The number of hydrogen-bond acceptors (Lipinski definition) is 8. The maximum atomic E-state index is 11.7. The molecule has 0 aliphatic carbocycles. The predicted octanol–water partition coefficient (Wildman–Crippen LogP) is 1.18. The normalized spacial score (nSPS) is 11.0. The number of nitrogens with one attached hydrogen (secondary N) is 1. The molecular formula is C12H17N5O3S. The monoisotopic (exact) mass is 311 g/mol. The van der Waals surface area contributed by atoms with Crippen LogP contribution in [0, 0.1) is 0 Å². The van der Waals surface area contributed by atoms with Crippen LogP contribution in [0.2, 0.25) is 0 Å². The van der Waals surface area contributed by atoms with Gasteiger partial charge in [0.2, 0.25) is 17.5 Å². The summed E-state index contributed by atoms with van der Waals surface area (Å²) in [6, 6.07) is 3.86. The Hall–Kier alpha value is -2.00. The van der Waals surface area contributed by atoms with Gasteiger partial charge in [-0.15, -0.1) is 11.8 Å². The van der Waals surface area contributed by atoms with Gasteiger partial charge in [-0.05, 0) is 36.5 Å². The Morgan fingerprint density at radius 2 is 2.14 bits per heavy atom. The van der Waals surface area contributed by atoms with Crippen LogP contribution in [0.3, 0.4) is 0 Å². The largest absolute Gasteiger partial charge is 0.464 e. The first-order valence-electron chi connectivity index (χ1n) is 6.22. The second-order valence-electron chi connectivity index (χ2n) is 4.64. The number of carbonyl (C=O) groups excluding carboxylic acids is 1. The third kappa shape index (κ3) is 4.80. The molecule has 8 nitrogen and oxygen atoms in total. The van der Waals surface area contributed by atoms with Crippen LogP contribution in [0.1, 0.15) is 11.5 Å². The van der Waals surface area contributed by atoms with Gasteiger partial charge in [-0.25, -0.2) is 4.63 Å². The molecule has 21 heavy (non-hydrogen) atoms. The molecule has 1 amide bonds. The number of amides is 1. The summed E-state index contributed by atoms with van der Waals surface area (Å²) in [6.07, 6.45) is 0. The molecule has 2 aromatic heterocycles. The number of nitrogen functional groups attached to an aromatic ring is 1. The highest BCUT2D eigenvalue weighted by Gasteiger charge is 2.11. The first-order chi connectivity index (χ1) is 10.0. The number of aromatic nitrogens is 2. The fraction of sp³-hybridized carbons (Fsp3) is 0.417. The molecule has 9 heteroatoms. The number of nitrogens with zero attached hydrogens (tertiary/aromatic N) is 3. The minimum Gasteiger partial charge on any atom is -0.464 e. The standard InChI is InChI=1S/C12H17N5O3S/c1-17(2)5-8-3-4-9(19-8)6-21-7-10(18)14-12-11(13)15-20-16-12/h3-4H,5-7H2,1-2H3,(H2,13,15)(H,14,16,18). The minimum atomic E-state index is -0.220. The van der Waals surface area contributed by atoms with E-state index in [0.29, 0.717) is 5.75 Å². The van der Waals surface area contributed by atoms with E-state index in [9.17, 15) is 4.79 Å². The average molecular weight is 311 g/mol. The molecule has 0 unspecified atom stereocenters. The molecule has 0 aromatic carbocycles. The summed E-state index contributed by atoms with van der Waals surface area (Å²) in [4.78, 5) is 13.7. The zero-order chi connectivity index (χ0) is 15.2. The molecule has 3 N–H and O–H groups in total. The summed E-state index contributed by atoms with van der Waals surface area (Å²) in [6.45, 7) is 0.754. The van der Waals surface area contributed by atoms with Crippen molar-refractivity contribution in [3.8, 4) is 0 Å². The van der Waals surface area contributed by atoms with Crippen LogP contribution >= 0.6 is 11.8 Å². The third-order valence-electron chi connectivity index (χ3n) is 2.44. The van der Waals surface area contributed by atoms with Crippen molar-refractivity contribution in [1.29, 1.82) is 0 Å². The summed E-state index contributed by atoms with van der Waals surface area (Å²) in [5.74, 6) is 2.61. The SMILES string of the molecule is CN(C)Cc1ccc(CSCC(=O)Nc2nonc2N)o1. The van der Waals surface area contributed by atoms with Gasteiger partial charge in [-0.1, -0.05) is 0 Å². The fourth-order valence-corrected chi connectivity index (χ4v) is 2.31. The van der Waals surface area contributed by atoms with E-state index in [-0.39, 0.29) is 23.3 Å². The van der Waals surface area contributed by atoms with E-state index in [4.69, 9.17) is 10.2 Å². The molecule has 0 saturated heterocycles. The fourth-order valence-electron chi connectivity index (χ4n) is 1.59. The van der Waals surface area contributed by atoms with Crippen LogP contribution in [-0.4, -0.2) is 41.0 Å². The van der Waals surface area contributed by atoms with Gasteiger partial charge in [-0.3, -0.25) is 4.79 Å². The van der Waals surface area contributed by atoms with Gasteiger partial charge >= 0.3 is 0 Å². The van der Waals surface area contributed by atoms with E-state index < -0.39 is 0 Å².